The van der Waals surface area contributed by atoms with Gasteiger partial charge in [0.1, 0.15) is 0 Å². The first kappa shape index (κ1) is 16.8. The summed E-state index contributed by atoms with van der Waals surface area (Å²) in [6.45, 7) is 2.67. The average Bonchev–Trinajstić information content (AvgIpc) is 3.25. The van der Waals surface area contributed by atoms with Gasteiger partial charge in [-0.15, -0.1) is 12.4 Å². The van der Waals surface area contributed by atoms with E-state index in [0.717, 1.165) is 25.6 Å². The van der Waals surface area contributed by atoms with Crippen LogP contribution in [0.15, 0.2) is 12.4 Å². The molecule has 6 heteroatoms. The molecule has 4 atom stereocenters. The summed E-state index contributed by atoms with van der Waals surface area (Å²) in [5.41, 5.74) is 1.20. The molecule has 2 unspecified atom stereocenters. The van der Waals surface area contributed by atoms with E-state index in [-0.39, 0.29) is 24.2 Å². The number of nitrogens with one attached hydrogen (secondary N) is 1. The van der Waals surface area contributed by atoms with Crippen molar-refractivity contribution in [2.24, 2.45) is 18.9 Å². The van der Waals surface area contributed by atoms with Gasteiger partial charge in [-0.3, -0.25) is 9.48 Å². The van der Waals surface area contributed by atoms with Crippen molar-refractivity contribution in [3.05, 3.63) is 18.0 Å². The Morgan fingerprint density at radius 1 is 1.26 bits per heavy atom. The summed E-state index contributed by atoms with van der Waals surface area (Å²) in [5, 5.41) is 7.71. The molecule has 128 valence electrons. The predicted octanol–water partition coefficient (Wildman–Crippen LogP) is 1.94. The predicted molar refractivity (Wildman–Crippen MR) is 91.6 cm³/mol. The van der Waals surface area contributed by atoms with Crippen LogP contribution in [0, 0.1) is 11.8 Å². The quantitative estimate of drug-likeness (QED) is 0.896. The van der Waals surface area contributed by atoms with Crippen LogP contribution in [0.1, 0.15) is 43.6 Å². The minimum Gasteiger partial charge on any atom is -0.339 e. The topological polar surface area (TPSA) is 50.2 Å². The van der Waals surface area contributed by atoms with Gasteiger partial charge < -0.3 is 10.2 Å². The van der Waals surface area contributed by atoms with Crippen LogP contribution in [-0.4, -0.2) is 46.3 Å². The number of hydrogen-bond acceptors (Lipinski definition) is 3. The van der Waals surface area contributed by atoms with Crippen LogP contribution < -0.4 is 5.32 Å². The zero-order valence-electron chi connectivity index (χ0n) is 13.8. The summed E-state index contributed by atoms with van der Waals surface area (Å²) in [5.74, 6) is 1.52. The second-order valence-electron chi connectivity index (χ2n) is 7.25. The molecule has 0 spiro atoms. The van der Waals surface area contributed by atoms with Crippen molar-refractivity contribution in [2.45, 2.75) is 44.1 Å². The lowest BCUT2D eigenvalue weighted by Crippen LogP contribution is -2.49. The van der Waals surface area contributed by atoms with Crippen LogP contribution >= 0.6 is 12.4 Å². The Bertz CT molecular complexity index is 561. The molecule has 1 amide bonds. The number of halogens is 1. The minimum absolute atomic E-state index is 0. The summed E-state index contributed by atoms with van der Waals surface area (Å²) in [7, 11) is 1.94. The van der Waals surface area contributed by atoms with Gasteiger partial charge >= 0.3 is 0 Å². The molecule has 3 aliphatic rings. The number of amides is 1. The normalized spacial score (nSPS) is 33.3. The number of likely N-dealkylation sites (tertiary alicyclic amines) is 1. The molecule has 5 nitrogen and oxygen atoms in total. The van der Waals surface area contributed by atoms with Gasteiger partial charge in [0.2, 0.25) is 5.91 Å². The van der Waals surface area contributed by atoms with E-state index < -0.39 is 0 Å². The Morgan fingerprint density at radius 3 is 2.87 bits per heavy atom. The van der Waals surface area contributed by atoms with E-state index in [2.05, 4.69) is 21.5 Å². The molecule has 4 rings (SSSR count). The van der Waals surface area contributed by atoms with Crippen LogP contribution in [0.4, 0.5) is 0 Å². The molecule has 1 N–H and O–H groups in total. The van der Waals surface area contributed by atoms with Crippen LogP contribution in [0.2, 0.25) is 0 Å². The van der Waals surface area contributed by atoms with E-state index in [1.54, 1.807) is 0 Å². The molecule has 3 fully saturated rings. The van der Waals surface area contributed by atoms with Crippen molar-refractivity contribution in [3.63, 3.8) is 0 Å². The Kier molecular flexibility index (Phi) is 4.97. The van der Waals surface area contributed by atoms with E-state index in [1.165, 1.54) is 37.7 Å². The number of hydrogen-bond donors (Lipinski definition) is 1. The number of carbonyl (C=O) groups is 1. The molecule has 23 heavy (non-hydrogen) atoms. The van der Waals surface area contributed by atoms with Gasteiger partial charge in [-0.25, -0.2) is 0 Å². The van der Waals surface area contributed by atoms with E-state index in [0.29, 0.717) is 11.9 Å². The Balaban J connectivity index is 0.00000156. The summed E-state index contributed by atoms with van der Waals surface area (Å²) in [6.07, 6.45) is 10.3. The standard InChI is InChI=1S/C17H26N4O.ClH/c1-20-11-13(8-19-20)14-9-18-10-15(14)17(22)21-7-3-5-12-4-2-6-16(12)21;/h8,11-12,14-16,18H,2-7,9-10H2,1H3;1H/t12?,14-,15+,16?;/m1./s1. The molecule has 1 aliphatic carbocycles. The summed E-state index contributed by atoms with van der Waals surface area (Å²) in [4.78, 5) is 15.4. The van der Waals surface area contributed by atoms with Crippen molar-refractivity contribution in [1.29, 1.82) is 0 Å². The van der Waals surface area contributed by atoms with Gasteiger partial charge in [0.15, 0.2) is 0 Å². The number of aryl methyl sites for hydroxylation is 1. The largest absolute Gasteiger partial charge is 0.339 e. The smallest absolute Gasteiger partial charge is 0.227 e. The van der Waals surface area contributed by atoms with Crippen molar-refractivity contribution in [2.75, 3.05) is 19.6 Å². The van der Waals surface area contributed by atoms with Gasteiger partial charge in [-0.2, -0.15) is 5.10 Å². The van der Waals surface area contributed by atoms with Crippen molar-refractivity contribution < 1.29 is 4.79 Å². The fraction of sp³-hybridized carbons (Fsp3) is 0.765. The summed E-state index contributed by atoms with van der Waals surface area (Å²) in [6, 6.07) is 0.524. The molecule has 0 aromatic carbocycles. The number of carbonyl (C=O) groups excluding carboxylic acids is 1. The fourth-order valence-electron chi connectivity index (χ4n) is 4.86. The first-order valence-electron chi connectivity index (χ1n) is 8.74. The number of nitrogens with zero attached hydrogens (tertiary/aromatic N) is 3. The van der Waals surface area contributed by atoms with Gasteiger partial charge in [-0.05, 0) is 37.2 Å². The second kappa shape index (κ2) is 6.81. The van der Waals surface area contributed by atoms with Crippen LogP contribution in [0.25, 0.3) is 0 Å². The Labute approximate surface area is 144 Å². The third kappa shape index (κ3) is 3.01. The van der Waals surface area contributed by atoms with Crippen molar-refractivity contribution in [3.8, 4) is 0 Å². The minimum atomic E-state index is 0. The molecular weight excluding hydrogens is 312 g/mol. The molecule has 2 aliphatic heterocycles. The zero-order chi connectivity index (χ0) is 15.1. The monoisotopic (exact) mass is 338 g/mol. The van der Waals surface area contributed by atoms with Gasteiger partial charge in [0.05, 0.1) is 12.1 Å². The zero-order valence-corrected chi connectivity index (χ0v) is 14.6. The van der Waals surface area contributed by atoms with Crippen molar-refractivity contribution in [1.82, 2.24) is 20.0 Å². The first-order valence-corrected chi connectivity index (χ1v) is 8.74. The maximum absolute atomic E-state index is 13.2. The van der Waals surface area contributed by atoms with E-state index in [1.807, 2.05) is 17.9 Å². The number of aromatic nitrogens is 2. The maximum atomic E-state index is 13.2. The van der Waals surface area contributed by atoms with Crippen LogP contribution in [0.5, 0.6) is 0 Å². The van der Waals surface area contributed by atoms with E-state index in [9.17, 15) is 4.79 Å². The lowest BCUT2D eigenvalue weighted by Gasteiger charge is -2.39. The molecule has 1 saturated carbocycles. The van der Waals surface area contributed by atoms with E-state index in [4.69, 9.17) is 0 Å². The van der Waals surface area contributed by atoms with E-state index >= 15 is 0 Å². The molecular formula is C17H27ClN4O. The van der Waals surface area contributed by atoms with Gasteiger partial charge in [-0.1, -0.05) is 6.42 Å². The summed E-state index contributed by atoms with van der Waals surface area (Å²) >= 11 is 0. The molecule has 0 radical (unpaired) electrons. The van der Waals surface area contributed by atoms with Gasteiger partial charge in [0, 0.05) is 44.8 Å². The molecule has 1 aromatic heterocycles. The number of rotatable bonds is 2. The molecule has 2 saturated heterocycles. The van der Waals surface area contributed by atoms with Crippen molar-refractivity contribution >= 4 is 18.3 Å². The van der Waals surface area contributed by atoms with Crippen LogP contribution in [0.3, 0.4) is 0 Å². The number of fused-ring (bicyclic) bond motifs is 1. The third-order valence-electron chi connectivity index (χ3n) is 5.96. The first-order chi connectivity index (χ1) is 10.7. The fourth-order valence-corrected chi connectivity index (χ4v) is 4.86. The number of piperidine rings is 1. The van der Waals surface area contributed by atoms with Gasteiger partial charge in [0.25, 0.3) is 0 Å². The van der Waals surface area contributed by atoms with Crippen LogP contribution in [-0.2, 0) is 11.8 Å². The average molecular weight is 339 g/mol. The highest BCUT2D eigenvalue weighted by Crippen LogP contribution is 2.39. The molecule has 0 bridgehead atoms. The highest BCUT2D eigenvalue weighted by atomic mass is 35.5. The summed E-state index contributed by atoms with van der Waals surface area (Å²) < 4.78 is 1.84. The SMILES string of the molecule is Cl.Cn1cc([C@H]2CNC[C@@H]2C(=O)N2CCCC3CCCC32)cn1. The third-order valence-corrected chi connectivity index (χ3v) is 5.96. The lowest BCUT2D eigenvalue weighted by atomic mass is 9.86. The Hall–Kier alpha value is -1.07. The maximum Gasteiger partial charge on any atom is 0.227 e. The lowest BCUT2D eigenvalue weighted by molar-refractivity contribution is -0.140. The highest BCUT2D eigenvalue weighted by Gasteiger charge is 2.43. The second-order valence-corrected chi connectivity index (χ2v) is 7.25. The molecule has 1 aromatic rings. The highest BCUT2D eigenvalue weighted by molar-refractivity contribution is 5.85. The Morgan fingerprint density at radius 2 is 2.09 bits per heavy atom. The molecule has 3 heterocycles.